The quantitative estimate of drug-likeness (QED) is 0.673. The number of thioether (sulfide) groups is 2. The van der Waals surface area contributed by atoms with Crippen LogP contribution in [0.1, 0.15) is 17.0 Å². The minimum Gasteiger partial charge on any atom is -0.495 e. The summed E-state index contributed by atoms with van der Waals surface area (Å²) < 4.78 is 8.26. The summed E-state index contributed by atoms with van der Waals surface area (Å²) in [7, 11) is 1.61. The molecule has 0 saturated carbocycles. The smallest absolute Gasteiger partial charge is 0.283 e. The number of benzene rings is 1. The molecule has 154 valence electrons. The SMILES string of the molecule is COc1ccc(Cl)cc1-n1c(C)cc(/C=C2/C(=N)N3N=C(SC)SC3=NC2=O)c1C. The molecular formula is C20H18ClN5O2S2. The Morgan fingerprint density at radius 3 is 2.77 bits per heavy atom. The number of aromatic nitrogens is 1. The number of ether oxygens (including phenoxy) is 1. The van der Waals surface area contributed by atoms with Gasteiger partial charge >= 0.3 is 0 Å². The maximum absolute atomic E-state index is 12.6. The molecule has 0 aliphatic carbocycles. The zero-order chi connectivity index (χ0) is 21.6. The fraction of sp³-hybridized carbons (Fsp3) is 0.200. The predicted molar refractivity (Wildman–Crippen MR) is 125 cm³/mol. The van der Waals surface area contributed by atoms with Gasteiger partial charge in [0.15, 0.2) is 10.2 Å². The summed E-state index contributed by atoms with van der Waals surface area (Å²) in [6, 6.07) is 7.38. The zero-order valence-electron chi connectivity index (χ0n) is 16.7. The van der Waals surface area contributed by atoms with E-state index in [1.54, 1.807) is 19.3 Å². The summed E-state index contributed by atoms with van der Waals surface area (Å²) >= 11 is 8.96. The van der Waals surface area contributed by atoms with Gasteiger partial charge in [0.1, 0.15) is 5.75 Å². The number of halogens is 1. The van der Waals surface area contributed by atoms with E-state index in [4.69, 9.17) is 21.7 Å². The lowest BCUT2D eigenvalue weighted by atomic mass is 10.1. The molecule has 0 radical (unpaired) electrons. The van der Waals surface area contributed by atoms with Gasteiger partial charge in [0, 0.05) is 16.4 Å². The molecule has 1 aromatic carbocycles. The van der Waals surface area contributed by atoms with E-state index in [1.165, 1.54) is 28.5 Å². The number of hydrogen-bond donors (Lipinski definition) is 1. The van der Waals surface area contributed by atoms with Crippen molar-refractivity contribution < 1.29 is 9.53 Å². The van der Waals surface area contributed by atoms with Gasteiger partial charge in [-0.3, -0.25) is 10.2 Å². The normalized spacial score (nSPS) is 17.4. The molecule has 0 unspecified atom stereocenters. The molecule has 30 heavy (non-hydrogen) atoms. The summed E-state index contributed by atoms with van der Waals surface area (Å²) in [5.74, 6) is 0.261. The number of hydrazone groups is 1. The maximum atomic E-state index is 12.6. The Morgan fingerprint density at radius 2 is 2.07 bits per heavy atom. The van der Waals surface area contributed by atoms with Crippen LogP contribution in [0.2, 0.25) is 5.02 Å². The van der Waals surface area contributed by atoms with E-state index < -0.39 is 5.91 Å². The van der Waals surface area contributed by atoms with Crippen LogP contribution in [0.4, 0.5) is 0 Å². The van der Waals surface area contributed by atoms with Crippen molar-refractivity contribution in [2.75, 3.05) is 13.4 Å². The number of methoxy groups -OCH3 is 1. The summed E-state index contributed by atoms with van der Waals surface area (Å²) in [6.07, 6.45) is 3.59. The Balaban J connectivity index is 1.79. The fourth-order valence-corrected chi connectivity index (χ4v) is 4.87. The molecule has 0 fully saturated rings. The average Bonchev–Trinajstić information content (AvgIpc) is 3.25. The number of rotatable bonds is 3. The van der Waals surface area contributed by atoms with Crippen molar-refractivity contribution in [1.82, 2.24) is 9.58 Å². The summed E-state index contributed by atoms with van der Waals surface area (Å²) in [4.78, 5) is 16.7. The number of fused-ring (bicyclic) bond motifs is 1. The van der Waals surface area contributed by atoms with Crippen LogP contribution in [-0.4, -0.2) is 44.2 Å². The van der Waals surface area contributed by atoms with Crippen LogP contribution in [0.15, 0.2) is 39.9 Å². The van der Waals surface area contributed by atoms with E-state index in [0.717, 1.165) is 27.0 Å². The third-order valence-corrected chi connectivity index (χ3v) is 6.88. The van der Waals surface area contributed by atoms with Gasteiger partial charge < -0.3 is 9.30 Å². The molecule has 0 atom stereocenters. The number of amides is 1. The largest absolute Gasteiger partial charge is 0.495 e. The van der Waals surface area contributed by atoms with Gasteiger partial charge in [-0.15, -0.1) is 16.9 Å². The van der Waals surface area contributed by atoms with Crippen molar-refractivity contribution in [2.45, 2.75) is 13.8 Å². The lowest BCUT2D eigenvalue weighted by Gasteiger charge is -2.20. The molecule has 0 spiro atoms. The number of aryl methyl sites for hydroxylation is 1. The Bertz CT molecular complexity index is 1180. The Labute approximate surface area is 187 Å². The van der Waals surface area contributed by atoms with Crippen molar-refractivity contribution in [2.24, 2.45) is 10.1 Å². The third kappa shape index (κ3) is 3.46. The van der Waals surface area contributed by atoms with E-state index in [9.17, 15) is 4.79 Å². The van der Waals surface area contributed by atoms with Crippen LogP contribution in [0.25, 0.3) is 11.8 Å². The molecule has 1 N–H and O–H groups in total. The second-order valence-electron chi connectivity index (χ2n) is 6.57. The lowest BCUT2D eigenvalue weighted by Crippen LogP contribution is -2.35. The highest BCUT2D eigenvalue weighted by molar-refractivity contribution is 8.45. The molecule has 1 aromatic heterocycles. The van der Waals surface area contributed by atoms with Crippen LogP contribution in [0, 0.1) is 19.3 Å². The molecule has 7 nitrogen and oxygen atoms in total. The molecule has 0 bridgehead atoms. The highest BCUT2D eigenvalue weighted by Gasteiger charge is 2.35. The molecule has 4 rings (SSSR count). The number of carbonyl (C=O) groups excluding carboxylic acids is 1. The van der Waals surface area contributed by atoms with Crippen molar-refractivity contribution >= 4 is 62.5 Å². The summed E-state index contributed by atoms with van der Waals surface area (Å²) in [5.41, 5.74) is 3.64. The number of nitrogens with zero attached hydrogens (tertiary/aromatic N) is 4. The number of hydrogen-bond acceptors (Lipinski definition) is 6. The van der Waals surface area contributed by atoms with Crippen LogP contribution in [0.5, 0.6) is 5.75 Å². The summed E-state index contributed by atoms with van der Waals surface area (Å²) in [6.45, 7) is 3.91. The van der Waals surface area contributed by atoms with Crippen molar-refractivity contribution in [1.29, 1.82) is 5.41 Å². The van der Waals surface area contributed by atoms with E-state index in [0.29, 0.717) is 15.9 Å². The van der Waals surface area contributed by atoms with Crippen LogP contribution >= 0.6 is 35.1 Å². The monoisotopic (exact) mass is 459 g/mol. The predicted octanol–water partition coefficient (Wildman–Crippen LogP) is 4.70. The molecular weight excluding hydrogens is 442 g/mol. The number of carbonyl (C=O) groups is 1. The Hall–Kier alpha value is -2.49. The molecule has 1 amide bonds. The number of nitrogens with one attached hydrogen (secondary N) is 1. The van der Waals surface area contributed by atoms with E-state index in [-0.39, 0.29) is 11.4 Å². The molecule has 2 aromatic rings. The van der Waals surface area contributed by atoms with E-state index >= 15 is 0 Å². The first-order valence-corrected chi connectivity index (χ1v) is 11.3. The van der Waals surface area contributed by atoms with Gasteiger partial charge in [-0.1, -0.05) is 11.6 Å². The van der Waals surface area contributed by atoms with E-state index in [2.05, 4.69) is 10.1 Å². The first kappa shape index (κ1) is 20.8. The topological polar surface area (TPSA) is 83.0 Å². The Kier molecular flexibility index (Phi) is 5.52. The standard InChI is InChI=1S/C20H18ClN5O2S2/c1-10-7-12(11(2)25(10)15-9-13(21)5-6-16(15)28-3)8-14-17(22)26-19(23-18(14)27)30-20(24-26)29-4/h5-9,22H,1-4H3/b14-8-,22-17?. The fourth-order valence-electron chi connectivity index (χ4n) is 3.35. The van der Waals surface area contributed by atoms with Gasteiger partial charge in [-0.25, -0.2) is 0 Å². The van der Waals surface area contributed by atoms with Gasteiger partial charge in [0.05, 0.1) is 18.4 Å². The van der Waals surface area contributed by atoms with E-state index in [1.807, 2.05) is 42.9 Å². The minimum absolute atomic E-state index is 0.0201. The third-order valence-electron chi connectivity index (χ3n) is 4.76. The maximum Gasteiger partial charge on any atom is 0.283 e. The van der Waals surface area contributed by atoms with Crippen molar-refractivity contribution in [3.05, 3.63) is 51.8 Å². The highest BCUT2D eigenvalue weighted by atomic mass is 35.5. The molecule has 0 saturated heterocycles. The number of amidine groups is 2. The lowest BCUT2D eigenvalue weighted by molar-refractivity contribution is -0.114. The number of aliphatic imine (C=N–C) groups is 1. The second kappa shape index (κ2) is 7.98. The van der Waals surface area contributed by atoms with Crippen LogP contribution in [0.3, 0.4) is 0 Å². The van der Waals surface area contributed by atoms with Crippen molar-refractivity contribution in [3.63, 3.8) is 0 Å². The zero-order valence-corrected chi connectivity index (χ0v) is 19.1. The van der Waals surface area contributed by atoms with Gasteiger partial charge in [-0.05, 0) is 67.8 Å². The highest BCUT2D eigenvalue weighted by Crippen LogP contribution is 2.34. The second-order valence-corrected chi connectivity index (χ2v) is 9.01. The van der Waals surface area contributed by atoms with Gasteiger partial charge in [0.25, 0.3) is 5.91 Å². The van der Waals surface area contributed by atoms with Crippen LogP contribution in [-0.2, 0) is 4.79 Å². The summed E-state index contributed by atoms with van der Waals surface area (Å²) in [5, 5.41) is 15.3. The first-order valence-electron chi connectivity index (χ1n) is 8.91. The van der Waals surface area contributed by atoms with Crippen LogP contribution < -0.4 is 4.74 Å². The molecule has 10 heteroatoms. The molecule has 3 heterocycles. The first-order chi connectivity index (χ1) is 14.3. The molecule has 2 aliphatic heterocycles. The molecule has 2 aliphatic rings. The van der Waals surface area contributed by atoms with Gasteiger partial charge in [0.2, 0.25) is 5.17 Å². The minimum atomic E-state index is -0.443. The van der Waals surface area contributed by atoms with Gasteiger partial charge in [-0.2, -0.15) is 10.0 Å². The average molecular weight is 460 g/mol. The Morgan fingerprint density at radius 1 is 1.30 bits per heavy atom. The van der Waals surface area contributed by atoms with Crippen molar-refractivity contribution in [3.8, 4) is 11.4 Å².